The summed E-state index contributed by atoms with van der Waals surface area (Å²) in [6.45, 7) is 4.97. The highest BCUT2D eigenvalue weighted by Crippen LogP contribution is 2.23. The van der Waals surface area contributed by atoms with Gasteiger partial charge >= 0.3 is 5.97 Å². The summed E-state index contributed by atoms with van der Waals surface area (Å²) in [6, 6.07) is 3.98. The zero-order chi connectivity index (χ0) is 16.2. The van der Waals surface area contributed by atoms with Gasteiger partial charge in [-0.1, -0.05) is 32.4 Å². The summed E-state index contributed by atoms with van der Waals surface area (Å²) in [4.78, 5) is 34.2. The molecule has 7 heteroatoms. The molecule has 0 aliphatic carbocycles. The summed E-state index contributed by atoms with van der Waals surface area (Å²) in [6.07, 6.45) is 0. The van der Waals surface area contributed by atoms with E-state index >= 15 is 0 Å². The molecule has 0 bridgehead atoms. The number of carboxylic acid groups (broad SMARTS) is 1. The smallest absolute Gasteiger partial charge is 0.335 e. The van der Waals surface area contributed by atoms with E-state index in [1.807, 2.05) is 0 Å². The molecule has 0 aromatic heterocycles. The normalized spacial score (nSPS) is 10.9. The maximum atomic E-state index is 11.7. The third-order valence-corrected chi connectivity index (χ3v) is 2.91. The third kappa shape index (κ3) is 5.07. The van der Waals surface area contributed by atoms with Gasteiger partial charge in [0.25, 0.3) is 0 Å². The van der Waals surface area contributed by atoms with E-state index in [-0.39, 0.29) is 28.7 Å². The van der Waals surface area contributed by atoms with Gasteiger partial charge in [0.2, 0.25) is 11.8 Å². The largest absolute Gasteiger partial charge is 0.478 e. The van der Waals surface area contributed by atoms with Gasteiger partial charge in [0.05, 0.1) is 22.8 Å². The molecular formula is C14H17ClN2O4. The molecule has 114 valence electrons. The van der Waals surface area contributed by atoms with E-state index in [1.165, 1.54) is 18.2 Å². The zero-order valence-corrected chi connectivity index (χ0v) is 12.7. The van der Waals surface area contributed by atoms with Gasteiger partial charge in [0.1, 0.15) is 0 Å². The Morgan fingerprint density at radius 3 is 2.38 bits per heavy atom. The van der Waals surface area contributed by atoms with Gasteiger partial charge in [-0.05, 0) is 18.2 Å². The Bertz CT molecular complexity index is 579. The van der Waals surface area contributed by atoms with Crippen LogP contribution in [0.15, 0.2) is 18.2 Å². The highest BCUT2D eigenvalue weighted by Gasteiger charge is 2.21. The molecule has 1 aromatic carbocycles. The molecule has 1 rings (SSSR count). The minimum absolute atomic E-state index is 0.00780. The number of aromatic carboxylic acids is 1. The van der Waals surface area contributed by atoms with Crippen LogP contribution in [0.5, 0.6) is 0 Å². The second kappa shape index (κ2) is 6.58. The number of rotatable bonds is 4. The predicted molar refractivity (Wildman–Crippen MR) is 79.5 cm³/mol. The van der Waals surface area contributed by atoms with Gasteiger partial charge in [-0.25, -0.2) is 4.79 Å². The van der Waals surface area contributed by atoms with Gasteiger partial charge < -0.3 is 15.7 Å². The van der Waals surface area contributed by atoms with Crippen molar-refractivity contribution < 1.29 is 19.5 Å². The number of hydrogen-bond acceptors (Lipinski definition) is 3. The molecule has 0 saturated heterocycles. The summed E-state index contributed by atoms with van der Waals surface area (Å²) in [7, 11) is 0. The first kappa shape index (κ1) is 17.0. The molecule has 0 saturated carbocycles. The van der Waals surface area contributed by atoms with Crippen LogP contribution < -0.4 is 10.6 Å². The topological polar surface area (TPSA) is 95.5 Å². The van der Waals surface area contributed by atoms with E-state index in [4.69, 9.17) is 16.7 Å². The van der Waals surface area contributed by atoms with Crippen molar-refractivity contribution in [3.63, 3.8) is 0 Å². The number of carboxylic acids is 1. The van der Waals surface area contributed by atoms with E-state index in [2.05, 4.69) is 10.6 Å². The molecule has 0 radical (unpaired) electrons. The molecule has 0 fully saturated rings. The Morgan fingerprint density at radius 2 is 1.86 bits per heavy atom. The van der Waals surface area contributed by atoms with Gasteiger partial charge in [0.15, 0.2) is 0 Å². The highest BCUT2D eigenvalue weighted by atomic mass is 35.5. The molecule has 21 heavy (non-hydrogen) atoms. The van der Waals surface area contributed by atoms with Crippen LogP contribution in [0.4, 0.5) is 5.69 Å². The SMILES string of the molecule is CC(C)(C)C(=O)NCC(=O)Nc1cc(C(=O)O)ccc1Cl. The summed E-state index contributed by atoms with van der Waals surface area (Å²) in [5, 5.41) is 14.1. The lowest BCUT2D eigenvalue weighted by molar-refractivity contribution is -0.130. The standard InChI is InChI=1S/C14H17ClN2O4/c1-14(2,3)13(21)16-7-11(18)17-10-6-8(12(19)20)4-5-9(10)15/h4-6H,7H2,1-3H3,(H,16,21)(H,17,18)(H,19,20). The predicted octanol–water partition coefficient (Wildman–Crippen LogP) is 2.14. The lowest BCUT2D eigenvalue weighted by atomic mass is 9.96. The fourth-order valence-corrected chi connectivity index (χ4v) is 1.54. The van der Waals surface area contributed by atoms with Crippen molar-refractivity contribution in [3.8, 4) is 0 Å². The Labute approximate surface area is 127 Å². The summed E-state index contributed by atoms with van der Waals surface area (Å²) < 4.78 is 0. The molecule has 0 aliphatic rings. The monoisotopic (exact) mass is 312 g/mol. The molecule has 3 N–H and O–H groups in total. The summed E-state index contributed by atoms with van der Waals surface area (Å²) >= 11 is 5.89. The van der Waals surface area contributed by atoms with Crippen molar-refractivity contribution in [2.45, 2.75) is 20.8 Å². The second-order valence-electron chi connectivity index (χ2n) is 5.48. The lowest BCUT2D eigenvalue weighted by Crippen LogP contribution is -2.39. The van der Waals surface area contributed by atoms with Crippen LogP contribution in [0, 0.1) is 5.41 Å². The number of nitrogens with one attached hydrogen (secondary N) is 2. The van der Waals surface area contributed by atoms with Crippen molar-refractivity contribution in [1.29, 1.82) is 0 Å². The number of hydrogen-bond donors (Lipinski definition) is 3. The van der Waals surface area contributed by atoms with E-state index < -0.39 is 17.3 Å². The van der Waals surface area contributed by atoms with E-state index in [9.17, 15) is 14.4 Å². The number of benzene rings is 1. The number of anilines is 1. The van der Waals surface area contributed by atoms with Gasteiger partial charge in [-0.3, -0.25) is 9.59 Å². The number of amides is 2. The molecule has 0 unspecified atom stereocenters. The molecule has 0 aliphatic heterocycles. The Hall–Kier alpha value is -2.08. The second-order valence-corrected chi connectivity index (χ2v) is 5.89. The maximum Gasteiger partial charge on any atom is 0.335 e. The molecule has 1 aromatic rings. The molecule has 0 atom stereocenters. The van der Waals surface area contributed by atoms with E-state index in [0.29, 0.717) is 0 Å². The first-order valence-electron chi connectivity index (χ1n) is 6.22. The van der Waals surface area contributed by atoms with Gasteiger partial charge in [-0.2, -0.15) is 0 Å². The number of halogens is 1. The first-order chi connectivity index (χ1) is 9.61. The molecule has 6 nitrogen and oxygen atoms in total. The zero-order valence-electron chi connectivity index (χ0n) is 12.0. The van der Waals surface area contributed by atoms with Crippen molar-refractivity contribution in [3.05, 3.63) is 28.8 Å². The summed E-state index contributed by atoms with van der Waals surface area (Å²) in [5.41, 5.74) is -0.402. The third-order valence-electron chi connectivity index (χ3n) is 2.58. The highest BCUT2D eigenvalue weighted by molar-refractivity contribution is 6.33. The van der Waals surface area contributed by atoms with Crippen molar-refractivity contribution in [1.82, 2.24) is 5.32 Å². The summed E-state index contributed by atoms with van der Waals surface area (Å²) in [5.74, 6) is -1.87. The van der Waals surface area contributed by atoms with Gasteiger partial charge in [0, 0.05) is 5.41 Å². The quantitative estimate of drug-likeness (QED) is 0.793. The molecule has 0 heterocycles. The van der Waals surface area contributed by atoms with Crippen LogP contribution in [-0.2, 0) is 9.59 Å². The average Bonchev–Trinajstić information content (AvgIpc) is 2.37. The van der Waals surface area contributed by atoms with Crippen LogP contribution in [0.1, 0.15) is 31.1 Å². The van der Waals surface area contributed by atoms with Gasteiger partial charge in [-0.15, -0.1) is 0 Å². The lowest BCUT2D eigenvalue weighted by Gasteiger charge is -2.17. The fraction of sp³-hybridized carbons (Fsp3) is 0.357. The number of carbonyl (C=O) groups is 3. The number of carbonyl (C=O) groups excluding carboxylic acids is 2. The van der Waals surface area contributed by atoms with Crippen molar-refractivity contribution in [2.24, 2.45) is 5.41 Å². The van der Waals surface area contributed by atoms with E-state index in [1.54, 1.807) is 20.8 Å². The Kier molecular flexibility index (Phi) is 5.32. The average molecular weight is 313 g/mol. The van der Waals surface area contributed by atoms with Crippen LogP contribution >= 0.6 is 11.6 Å². The van der Waals surface area contributed by atoms with Crippen LogP contribution in [0.25, 0.3) is 0 Å². The Balaban J connectivity index is 2.69. The molecular weight excluding hydrogens is 296 g/mol. The van der Waals surface area contributed by atoms with Crippen LogP contribution in [-0.4, -0.2) is 29.4 Å². The first-order valence-corrected chi connectivity index (χ1v) is 6.60. The van der Waals surface area contributed by atoms with E-state index in [0.717, 1.165) is 0 Å². The minimum atomic E-state index is -1.12. The maximum absolute atomic E-state index is 11.7. The Morgan fingerprint density at radius 1 is 1.24 bits per heavy atom. The van der Waals surface area contributed by atoms with Crippen molar-refractivity contribution in [2.75, 3.05) is 11.9 Å². The molecule has 0 spiro atoms. The fourth-order valence-electron chi connectivity index (χ4n) is 1.37. The van der Waals surface area contributed by atoms with Crippen molar-refractivity contribution >= 4 is 35.1 Å². The molecule has 2 amide bonds. The van der Waals surface area contributed by atoms with Crippen LogP contribution in [0.2, 0.25) is 5.02 Å². The minimum Gasteiger partial charge on any atom is -0.478 e. The van der Waals surface area contributed by atoms with Crippen LogP contribution in [0.3, 0.4) is 0 Å².